The van der Waals surface area contributed by atoms with Crippen molar-refractivity contribution >= 4 is 63.2 Å². The standard InChI is InChI=1S/C26H24Cl2N4O4S2/c1-3-32-21(13-36-20-11-10-17(27)12-19(20)28)30-31-26(32)38-15-22(33)29-24-23(25(34)35-4-2)18(14-37-24)16-8-6-5-7-9-16/h5-12,14H,3-4,13,15H2,1-2H3,(H,29,33). The summed E-state index contributed by atoms with van der Waals surface area (Å²) in [6, 6.07) is 14.5. The second-order valence-corrected chi connectivity index (χ2v) is 10.4. The summed E-state index contributed by atoms with van der Waals surface area (Å²) in [5, 5.41) is 15.1. The van der Waals surface area contributed by atoms with Gasteiger partial charge >= 0.3 is 5.97 Å². The second-order valence-electron chi connectivity index (χ2n) is 7.78. The van der Waals surface area contributed by atoms with Crippen molar-refractivity contribution in [2.24, 2.45) is 0 Å². The van der Waals surface area contributed by atoms with E-state index in [1.54, 1.807) is 25.1 Å². The molecule has 0 aliphatic carbocycles. The highest BCUT2D eigenvalue weighted by molar-refractivity contribution is 7.99. The number of anilines is 1. The van der Waals surface area contributed by atoms with Gasteiger partial charge in [0.2, 0.25) is 5.91 Å². The van der Waals surface area contributed by atoms with E-state index in [1.807, 2.05) is 47.2 Å². The van der Waals surface area contributed by atoms with Crippen molar-refractivity contribution in [1.82, 2.24) is 14.8 Å². The number of thiophene rings is 1. The molecule has 0 aliphatic heterocycles. The van der Waals surface area contributed by atoms with Crippen LogP contribution in [0.5, 0.6) is 5.75 Å². The third kappa shape index (κ3) is 6.68. The molecule has 0 fully saturated rings. The summed E-state index contributed by atoms with van der Waals surface area (Å²) in [6.45, 7) is 4.66. The minimum Gasteiger partial charge on any atom is -0.484 e. The summed E-state index contributed by atoms with van der Waals surface area (Å²) in [7, 11) is 0. The summed E-state index contributed by atoms with van der Waals surface area (Å²) < 4.78 is 12.9. The Morgan fingerprint density at radius 2 is 1.89 bits per heavy atom. The van der Waals surface area contributed by atoms with Gasteiger partial charge in [0.15, 0.2) is 11.0 Å². The SMILES string of the molecule is CCOC(=O)c1c(-c2ccccc2)csc1NC(=O)CSc1nnc(COc2ccc(Cl)cc2Cl)n1CC. The number of nitrogens with one attached hydrogen (secondary N) is 1. The molecule has 4 rings (SSSR count). The Morgan fingerprint density at radius 1 is 1.11 bits per heavy atom. The van der Waals surface area contributed by atoms with E-state index < -0.39 is 5.97 Å². The van der Waals surface area contributed by atoms with Gasteiger partial charge in [-0.15, -0.1) is 21.5 Å². The Morgan fingerprint density at radius 3 is 2.61 bits per heavy atom. The number of halogens is 2. The lowest BCUT2D eigenvalue weighted by Gasteiger charge is -2.10. The first kappa shape index (κ1) is 28.0. The Hall–Kier alpha value is -3.05. The van der Waals surface area contributed by atoms with Crippen LogP contribution in [0, 0.1) is 0 Å². The van der Waals surface area contributed by atoms with Crippen molar-refractivity contribution in [2.75, 3.05) is 17.7 Å². The molecule has 2 aromatic carbocycles. The summed E-state index contributed by atoms with van der Waals surface area (Å²) in [6.07, 6.45) is 0. The van der Waals surface area contributed by atoms with Crippen LogP contribution in [0.4, 0.5) is 5.00 Å². The quantitative estimate of drug-likeness (QED) is 0.151. The fourth-order valence-corrected chi connectivity index (χ4v) is 5.82. The molecule has 4 aromatic rings. The predicted molar refractivity (Wildman–Crippen MR) is 152 cm³/mol. The van der Waals surface area contributed by atoms with Gasteiger partial charge in [-0.1, -0.05) is 65.3 Å². The molecule has 0 spiro atoms. The fourth-order valence-electron chi connectivity index (χ4n) is 3.56. The number of ether oxygens (including phenoxy) is 2. The number of benzene rings is 2. The molecule has 2 aromatic heterocycles. The minimum absolute atomic E-state index is 0.0723. The molecule has 198 valence electrons. The highest BCUT2D eigenvalue weighted by atomic mass is 35.5. The number of thioether (sulfide) groups is 1. The van der Waals surface area contributed by atoms with Crippen molar-refractivity contribution in [3.05, 3.63) is 75.3 Å². The number of hydrogen-bond acceptors (Lipinski definition) is 8. The zero-order chi connectivity index (χ0) is 27.1. The van der Waals surface area contributed by atoms with E-state index in [9.17, 15) is 9.59 Å². The van der Waals surface area contributed by atoms with Crippen molar-refractivity contribution < 1.29 is 19.1 Å². The molecule has 0 unspecified atom stereocenters. The molecule has 38 heavy (non-hydrogen) atoms. The molecule has 1 amide bonds. The largest absolute Gasteiger partial charge is 0.484 e. The molecule has 0 saturated heterocycles. The lowest BCUT2D eigenvalue weighted by Crippen LogP contribution is -2.17. The zero-order valence-corrected chi connectivity index (χ0v) is 23.7. The predicted octanol–water partition coefficient (Wildman–Crippen LogP) is 6.82. The maximum Gasteiger partial charge on any atom is 0.341 e. The molecule has 12 heteroatoms. The van der Waals surface area contributed by atoms with Crippen molar-refractivity contribution in [3.8, 4) is 16.9 Å². The van der Waals surface area contributed by atoms with Crippen LogP contribution in [0.15, 0.2) is 59.1 Å². The molecule has 0 bridgehead atoms. The Bertz CT molecular complexity index is 1430. The third-order valence-electron chi connectivity index (χ3n) is 5.30. The summed E-state index contributed by atoms with van der Waals surface area (Å²) in [5.41, 5.74) is 1.93. The Labute approximate surface area is 238 Å². The number of rotatable bonds is 11. The smallest absolute Gasteiger partial charge is 0.341 e. The summed E-state index contributed by atoms with van der Waals surface area (Å²) in [5.74, 6) is 0.392. The average molecular weight is 592 g/mol. The number of nitrogens with zero attached hydrogens (tertiary/aromatic N) is 3. The molecule has 0 saturated carbocycles. The van der Waals surface area contributed by atoms with Crippen molar-refractivity contribution in [3.63, 3.8) is 0 Å². The van der Waals surface area contributed by atoms with E-state index in [0.29, 0.717) is 49.4 Å². The minimum atomic E-state index is -0.480. The first-order valence-electron chi connectivity index (χ1n) is 11.7. The highest BCUT2D eigenvalue weighted by Gasteiger charge is 2.23. The average Bonchev–Trinajstić information content (AvgIpc) is 3.51. The van der Waals surface area contributed by atoms with Gasteiger partial charge in [-0.3, -0.25) is 4.79 Å². The van der Waals surface area contributed by atoms with E-state index >= 15 is 0 Å². The third-order valence-corrected chi connectivity index (χ3v) is 7.69. The van der Waals surface area contributed by atoms with Gasteiger partial charge in [-0.2, -0.15) is 0 Å². The first-order chi connectivity index (χ1) is 18.4. The van der Waals surface area contributed by atoms with Crippen LogP contribution in [-0.2, 0) is 22.7 Å². The van der Waals surface area contributed by atoms with E-state index in [-0.39, 0.29) is 24.9 Å². The molecule has 0 atom stereocenters. The van der Waals surface area contributed by atoms with Gasteiger partial charge in [0.05, 0.1) is 17.4 Å². The van der Waals surface area contributed by atoms with Gasteiger partial charge in [0.1, 0.15) is 22.9 Å². The van der Waals surface area contributed by atoms with Gasteiger partial charge in [-0.25, -0.2) is 4.79 Å². The maximum absolute atomic E-state index is 12.9. The van der Waals surface area contributed by atoms with Gasteiger partial charge < -0.3 is 19.4 Å². The number of carbonyl (C=O) groups excluding carboxylic acids is 2. The first-order valence-corrected chi connectivity index (χ1v) is 14.3. The van der Waals surface area contributed by atoms with E-state index in [1.165, 1.54) is 23.1 Å². The van der Waals surface area contributed by atoms with Crippen LogP contribution in [0.25, 0.3) is 11.1 Å². The molecule has 0 radical (unpaired) electrons. The summed E-state index contributed by atoms with van der Waals surface area (Å²) in [4.78, 5) is 25.6. The Kier molecular flexibility index (Phi) is 9.68. The zero-order valence-electron chi connectivity index (χ0n) is 20.6. The summed E-state index contributed by atoms with van der Waals surface area (Å²) >= 11 is 14.6. The lowest BCUT2D eigenvalue weighted by atomic mass is 10.0. The van der Waals surface area contributed by atoms with Crippen LogP contribution >= 0.6 is 46.3 Å². The van der Waals surface area contributed by atoms with Gasteiger partial charge in [0, 0.05) is 22.5 Å². The lowest BCUT2D eigenvalue weighted by molar-refractivity contribution is -0.113. The molecule has 1 N–H and O–H groups in total. The molecule has 2 heterocycles. The number of hydrogen-bond donors (Lipinski definition) is 1. The highest BCUT2D eigenvalue weighted by Crippen LogP contribution is 2.36. The van der Waals surface area contributed by atoms with Crippen LogP contribution in [0.2, 0.25) is 10.0 Å². The van der Waals surface area contributed by atoms with E-state index in [4.69, 9.17) is 32.7 Å². The number of carbonyl (C=O) groups is 2. The number of amides is 1. The van der Waals surface area contributed by atoms with Crippen LogP contribution in [-0.4, -0.2) is 39.0 Å². The van der Waals surface area contributed by atoms with E-state index in [2.05, 4.69) is 15.5 Å². The normalized spacial score (nSPS) is 10.8. The monoisotopic (exact) mass is 590 g/mol. The number of esters is 1. The van der Waals surface area contributed by atoms with Crippen molar-refractivity contribution in [2.45, 2.75) is 32.2 Å². The topological polar surface area (TPSA) is 95.3 Å². The number of aromatic nitrogens is 3. The van der Waals surface area contributed by atoms with Gasteiger partial charge in [0.25, 0.3) is 0 Å². The van der Waals surface area contributed by atoms with Crippen LogP contribution in [0.3, 0.4) is 0 Å². The molecule has 8 nitrogen and oxygen atoms in total. The molecular formula is C26H24Cl2N4O4S2. The maximum atomic E-state index is 12.9. The Balaban J connectivity index is 1.43. The second kappa shape index (κ2) is 13.1. The molecular weight excluding hydrogens is 567 g/mol. The fraction of sp³-hybridized carbons (Fsp3) is 0.231. The van der Waals surface area contributed by atoms with Crippen molar-refractivity contribution in [1.29, 1.82) is 0 Å². The van der Waals surface area contributed by atoms with Crippen LogP contribution in [0.1, 0.15) is 30.0 Å². The van der Waals surface area contributed by atoms with E-state index in [0.717, 1.165) is 5.56 Å². The van der Waals surface area contributed by atoms with Gasteiger partial charge in [-0.05, 0) is 37.6 Å². The molecule has 0 aliphatic rings. The van der Waals surface area contributed by atoms with Crippen LogP contribution < -0.4 is 10.1 Å².